The van der Waals surface area contributed by atoms with E-state index in [-0.39, 0.29) is 0 Å². The number of esters is 2. The van der Waals surface area contributed by atoms with Gasteiger partial charge in [0.05, 0.1) is 40.5 Å². The molecule has 0 amide bonds. The summed E-state index contributed by atoms with van der Waals surface area (Å²) in [5.74, 6) is -0.984. The highest BCUT2D eigenvalue weighted by molar-refractivity contribution is 9.12. The summed E-state index contributed by atoms with van der Waals surface area (Å²) in [6, 6.07) is 0. The van der Waals surface area contributed by atoms with Crippen molar-refractivity contribution in [3.8, 4) is 11.1 Å². The van der Waals surface area contributed by atoms with Gasteiger partial charge in [0.2, 0.25) is 0 Å². The van der Waals surface area contributed by atoms with Crippen molar-refractivity contribution in [3.05, 3.63) is 26.3 Å². The quantitative estimate of drug-likeness (QED) is 0.402. The lowest BCUT2D eigenvalue weighted by atomic mass is 10.0. The molecule has 118 valence electrons. The summed E-state index contributed by atoms with van der Waals surface area (Å²) < 4.78 is 12.3. The predicted molar refractivity (Wildman–Crippen MR) is 101 cm³/mol. The number of hydrogen-bond donors (Lipinski definition) is 0. The van der Waals surface area contributed by atoms with Gasteiger partial charge in [0.25, 0.3) is 0 Å². The average Bonchev–Trinajstić information content (AvgIpc) is 2.92. The van der Waals surface area contributed by atoms with Crippen molar-refractivity contribution < 1.29 is 19.1 Å². The van der Waals surface area contributed by atoms with Crippen molar-refractivity contribution in [3.63, 3.8) is 0 Å². The van der Waals surface area contributed by atoms with Crippen LogP contribution in [0, 0.1) is 0 Å². The lowest BCUT2D eigenvalue weighted by molar-refractivity contribution is 0.0589. The van der Waals surface area contributed by atoms with E-state index in [0.29, 0.717) is 37.4 Å². The molecule has 0 radical (unpaired) electrons. The van der Waals surface area contributed by atoms with Crippen LogP contribution >= 0.6 is 86.4 Å². The number of rotatable bonds is 3. The molecule has 0 atom stereocenters. The highest BCUT2D eigenvalue weighted by Crippen LogP contribution is 2.51. The third-order valence-electron chi connectivity index (χ3n) is 2.67. The Balaban J connectivity index is 2.84. The molecule has 0 aliphatic carbocycles. The first-order valence-corrected chi connectivity index (χ1v) is 10.3. The molecular weight excluding hydrogens is 592 g/mol. The molecule has 0 aliphatic heterocycles. The summed E-state index contributed by atoms with van der Waals surface area (Å²) in [5.41, 5.74) is 1.88. The topological polar surface area (TPSA) is 52.6 Å². The number of halogens is 4. The predicted octanol–water partition coefficient (Wildman–Crippen LogP) is 6.10. The molecule has 0 spiro atoms. The second kappa shape index (κ2) is 7.43. The Morgan fingerprint density at radius 1 is 0.727 bits per heavy atom. The Hall–Kier alpha value is 0.260. The van der Waals surface area contributed by atoms with Crippen LogP contribution < -0.4 is 0 Å². The minimum Gasteiger partial charge on any atom is -0.465 e. The third-order valence-corrected chi connectivity index (χ3v) is 7.74. The van der Waals surface area contributed by atoms with Gasteiger partial charge in [0.15, 0.2) is 0 Å². The van der Waals surface area contributed by atoms with Crippen LogP contribution in [-0.2, 0) is 9.47 Å². The van der Waals surface area contributed by atoms with Crippen molar-refractivity contribution in [1.29, 1.82) is 0 Å². The molecule has 0 bridgehead atoms. The van der Waals surface area contributed by atoms with E-state index in [9.17, 15) is 9.59 Å². The minimum atomic E-state index is -0.492. The maximum Gasteiger partial charge on any atom is 0.340 e. The number of ether oxygens (including phenoxy) is 2. The van der Waals surface area contributed by atoms with Gasteiger partial charge in [-0.05, 0) is 63.7 Å². The maximum atomic E-state index is 12.1. The average molecular weight is 598 g/mol. The normalized spacial score (nSPS) is 10.6. The smallest absolute Gasteiger partial charge is 0.340 e. The number of carbonyl (C=O) groups is 2. The summed E-state index contributed by atoms with van der Waals surface area (Å²) in [7, 11) is 2.62. The first-order valence-electron chi connectivity index (χ1n) is 5.46. The van der Waals surface area contributed by atoms with Crippen LogP contribution in [0.1, 0.15) is 20.7 Å². The first-order chi connectivity index (χ1) is 10.3. The van der Waals surface area contributed by atoms with E-state index >= 15 is 0 Å². The Morgan fingerprint density at radius 2 is 1.05 bits per heavy atom. The summed E-state index contributed by atoms with van der Waals surface area (Å²) in [4.78, 5) is 24.2. The van der Waals surface area contributed by atoms with E-state index < -0.39 is 11.9 Å². The molecule has 0 fully saturated rings. The molecule has 0 aromatic carbocycles. The van der Waals surface area contributed by atoms with Crippen LogP contribution in [0.4, 0.5) is 0 Å². The van der Waals surface area contributed by atoms with Crippen LogP contribution in [0.2, 0.25) is 0 Å². The van der Waals surface area contributed by atoms with Crippen molar-refractivity contribution in [1.82, 2.24) is 0 Å². The van der Waals surface area contributed by atoms with Crippen molar-refractivity contribution in [2.45, 2.75) is 0 Å². The van der Waals surface area contributed by atoms with Gasteiger partial charge in [-0.25, -0.2) is 9.59 Å². The van der Waals surface area contributed by atoms with E-state index in [1.54, 1.807) is 0 Å². The highest BCUT2D eigenvalue weighted by atomic mass is 79.9. The number of thiophene rings is 2. The lowest BCUT2D eigenvalue weighted by Gasteiger charge is -2.07. The molecule has 10 heteroatoms. The molecule has 2 aromatic rings. The number of methoxy groups -OCH3 is 2. The lowest BCUT2D eigenvalue weighted by Crippen LogP contribution is -2.06. The second-order valence-corrected chi connectivity index (χ2v) is 11.1. The summed E-state index contributed by atoms with van der Waals surface area (Å²) in [6.07, 6.45) is 0. The zero-order valence-corrected chi connectivity index (χ0v) is 18.9. The van der Waals surface area contributed by atoms with Gasteiger partial charge >= 0.3 is 11.9 Å². The molecule has 0 unspecified atom stereocenters. The molecule has 0 saturated carbocycles. The van der Waals surface area contributed by atoms with E-state index in [1.807, 2.05) is 0 Å². The molecule has 0 saturated heterocycles. The molecule has 2 heterocycles. The monoisotopic (exact) mass is 594 g/mol. The Morgan fingerprint density at radius 3 is 1.32 bits per heavy atom. The summed E-state index contributed by atoms with van der Waals surface area (Å²) in [5, 5.41) is 0. The van der Waals surface area contributed by atoms with Gasteiger partial charge in [-0.3, -0.25) is 0 Å². The summed E-state index contributed by atoms with van der Waals surface area (Å²) >= 11 is 16.3. The highest BCUT2D eigenvalue weighted by Gasteiger charge is 2.31. The minimum absolute atomic E-state index is 0.357. The van der Waals surface area contributed by atoms with Crippen LogP contribution in [0.15, 0.2) is 15.1 Å². The van der Waals surface area contributed by atoms with Gasteiger partial charge in [-0.1, -0.05) is 0 Å². The Bertz CT molecular complexity index is 702. The van der Waals surface area contributed by atoms with Crippen LogP contribution in [0.5, 0.6) is 0 Å². The Labute approximate surface area is 167 Å². The zero-order valence-electron chi connectivity index (χ0n) is 11.0. The van der Waals surface area contributed by atoms with Crippen molar-refractivity contribution in [2.24, 2.45) is 0 Å². The molecule has 2 rings (SSSR count). The van der Waals surface area contributed by atoms with Crippen molar-refractivity contribution >= 4 is 98.3 Å². The van der Waals surface area contributed by atoms with E-state index in [4.69, 9.17) is 9.47 Å². The molecule has 0 aliphatic rings. The largest absolute Gasteiger partial charge is 0.465 e. The fourth-order valence-electron chi connectivity index (χ4n) is 1.77. The second-order valence-electron chi connectivity index (χ2n) is 3.78. The standard InChI is InChI=1S/C12H6Br4O4S2/c1-19-11(17)5-3(7(13)21-9(5)15)4-6(12(18)20-2)10(16)22-8(4)14/h1-2H3. The fraction of sp³-hybridized carbons (Fsp3) is 0.167. The molecule has 22 heavy (non-hydrogen) atoms. The van der Waals surface area contributed by atoms with E-state index in [1.165, 1.54) is 36.9 Å². The molecular formula is C12H6Br4O4S2. The van der Waals surface area contributed by atoms with E-state index in [0.717, 1.165) is 0 Å². The number of hydrogen-bond acceptors (Lipinski definition) is 6. The molecule has 0 N–H and O–H groups in total. The van der Waals surface area contributed by atoms with Gasteiger partial charge in [-0.2, -0.15) is 0 Å². The van der Waals surface area contributed by atoms with Gasteiger partial charge in [0.1, 0.15) is 0 Å². The van der Waals surface area contributed by atoms with Gasteiger partial charge in [0, 0.05) is 11.1 Å². The van der Waals surface area contributed by atoms with Crippen LogP contribution in [0.25, 0.3) is 11.1 Å². The fourth-order valence-corrected chi connectivity index (χ4v) is 8.03. The Kier molecular flexibility index (Phi) is 6.28. The number of carbonyl (C=O) groups excluding carboxylic acids is 2. The van der Waals surface area contributed by atoms with Crippen LogP contribution in [0.3, 0.4) is 0 Å². The SMILES string of the molecule is COC(=O)c1c(Br)sc(Br)c1-c1c(Br)sc(Br)c1C(=O)OC. The molecule has 2 aromatic heterocycles. The van der Waals surface area contributed by atoms with Crippen LogP contribution in [-0.4, -0.2) is 26.2 Å². The van der Waals surface area contributed by atoms with E-state index in [2.05, 4.69) is 63.7 Å². The summed E-state index contributed by atoms with van der Waals surface area (Å²) in [6.45, 7) is 0. The van der Waals surface area contributed by atoms with Gasteiger partial charge < -0.3 is 9.47 Å². The van der Waals surface area contributed by atoms with Gasteiger partial charge in [-0.15, -0.1) is 22.7 Å². The third kappa shape index (κ3) is 3.23. The van der Waals surface area contributed by atoms with Crippen molar-refractivity contribution in [2.75, 3.05) is 14.2 Å². The molecule has 4 nitrogen and oxygen atoms in total. The maximum absolute atomic E-state index is 12.1. The zero-order chi connectivity index (χ0) is 16.6. The first kappa shape index (κ1) is 18.6.